The van der Waals surface area contributed by atoms with Gasteiger partial charge in [-0.3, -0.25) is 4.79 Å². The second kappa shape index (κ2) is 8.64. The number of ether oxygens (including phenoxy) is 1. The van der Waals surface area contributed by atoms with Crippen LogP contribution in [0.25, 0.3) is 0 Å². The highest BCUT2D eigenvalue weighted by Gasteiger charge is 2.23. The molecule has 1 amide bonds. The highest BCUT2D eigenvalue weighted by molar-refractivity contribution is 5.93. The van der Waals surface area contributed by atoms with Crippen molar-refractivity contribution in [1.29, 1.82) is 0 Å². The summed E-state index contributed by atoms with van der Waals surface area (Å²) in [5.41, 5.74) is 1.52. The summed E-state index contributed by atoms with van der Waals surface area (Å²) in [6.07, 6.45) is 3.03. The maximum absolute atomic E-state index is 12.9. The number of methoxy groups -OCH3 is 1. The van der Waals surface area contributed by atoms with Crippen LogP contribution in [0.1, 0.15) is 16.2 Å². The Balaban J connectivity index is 1.34. The summed E-state index contributed by atoms with van der Waals surface area (Å²) in [4.78, 5) is 25.3. The maximum Gasteiger partial charge on any atom is 0.272 e. The normalized spacial score (nSPS) is 14.0. The van der Waals surface area contributed by atoms with Gasteiger partial charge in [-0.2, -0.15) is 0 Å². The first kappa shape index (κ1) is 18.8. The zero-order chi connectivity index (χ0) is 20.1. The van der Waals surface area contributed by atoms with Gasteiger partial charge in [-0.15, -0.1) is 0 Å². The minimum Gasteiger partial charge on any atom is -0.497 e. The van der Waals surface area contributed by atoms with E-state index in [1.54, 1.807) is 19.4 Å². The number of rotatable bonds is 6. The topological polar surface area (TPSA) is 83.7 Å². The van der Waals surface area contributed by atoms with Crippen LogP contribution in [0.3, 0.4) is 0 Å². The molecule has 8 nitrogen and oxygen atoms in total. The average molecular weight is 393 g/mol. The molecule has 1 aromatic carbocycles. The molecular formula is C21H23N5O3. The first-order chi connectivity index (χ1) is 14.2. The van der Waals surface area contributed by atoms with E-state index >= 15 is 0 Å². The summed E-state index contributed by atoms with van der Waals surface area (Å²) in [6, 6.07) is 13.4. The summed E-state index contributed by atoms with van der Waals surface area (Å²) in [5.74, 6) is 2.15. The van der Waals surface area contributed by atoms with Gasteiger partial charge in [0.25, 0.3) is 5.91 Å². The smallest absolute Gasteiger partial charge is 0.272 e. The third kappa shape index (κ3) is 4.48. The van der Waals surface area contributed by atoms with Gasteiger partial charge in [-0.1, -0.05) is 0 Å². The van der Waals surface area contributed by atoms with Crippen molar-refractivity contribution in [3.05, 3.63) is 66.5 Å². The molecule has 0 atom stereocenters. The molecule has 0 bridgehead atoms. The number of nitrogens with one attached hydrogen (secondary N) is 1. The van der Waals surface area contributed by atoms with E-state index in [1.165, 1.54) is 6.33 Å². The van der Waals surface area contributed by atoms with Crippen LogP contribution in [0.2, 0.25) is 0 Å². The first-order valence-electron chi connectivity index (χ1n) is 9.49. The zero-order valence-electron chi connectivity index (χ0n) is 16.2. The van der Waals surface area contributed by atoms with Crippen LogP contribution in [0.15, 0.2) is 59.5 Å². The predicted octanol–water partition coefficient (Wildman–Crippen LogP) is 2.65. The van der Waals surface area contributed by atoms with Crippen LogP contribution in [-0.4, -0.2) is 54.1 Å². The molecule has 29 heavy (non-hydrogen) atoms. The van der Waals surface area contributed by atoms with Crippen LogP contribution < -0.4 is 15.0 Å². The Labute approximate surface area is 169 Å². The molecule has 1 aliphatic rings. The van der Waals surface area contributed by atoms with Crippen LogP contribution >= 0.6 is 0 Å². The molecule has 0 unspecified atom stereocenters. The maximum atomic E-state index is 12.9. The first-order valence-corrected chi connectivity index (χ1v) is 9.49. The molecule has 4 rings (SSSR count). The Morgan fingerprint density at radius 2 is 1.93 bits per heavy atom. The minimum absolute atomic E-state index is 0.0807. The van der Waals surface area contributed by atoms with Crippen molar-refractivity contribution >= 4 is 17.4 Å². The molecule has 3 aromatic rings. The van der Waals surface area contributed by atoms with E-state index in [2.05, 4.69) is 20.2 Å². The number of hydrogen-bond acceptors (Lipinski definition) is 7. The predicted molar refractivity (Wildman–Crippen MR) is 109 cm³/mol. The highest BCUT2D eigenvalue weighted by atomic mass is 16.5. The number of hydrogen-bond donors (Lipinski definition) is 1. The lowest BCUT2D eigenvalue weighted by molar-refractivity contribution is 0.0740. The number of benzene rings is 1. The van der Waals surface area contributed by atoms with E-state index < -0.39 is 0 Å². The van der Waals surface area contributed by atoms with Crippen molar-refractivity contribution in [2.24, 2.45) is 0 Å². The van der Waals surface area contributed by atoms with Gasteiger partial charge in [0.15, 0.2) is 0 Å². The van der Waals surface area contributed by atoms with Crippen LogP contribution in [0.4, 0.5) is 11.5 Å². The largest absolute Gasteiger partial charge is 0.497 e. The van der Waals surface area contributed by atoms with Gasteiger partial charge in [0.1, 0.15) is 29.3 Å². The van der Waals surface area contributed by atoms with E-state index in [-0.39, 0.29) is 5.91 Å². The number of carbonyl (C=O) groups is 1. The van der Waals surface area contributed by atoms with E-state index in [0.717, 1.165) is 30.3 Å². The molecule has 150 valence electrons. The molecule has 0 radical (unpaired) electrons. The van der Waals surface area contributed by atoms with Crippen molar-refractivity contribution in [1.82, 2.24) is 14.9 Å². The van der Waals surface area contributed by atoms with E-state index in [1.807, 2.05) is 41.3 Å². The van der Waals surface area contributed by atoms with E-state index in [4.69, 9.17) is 9.15 Å². The Bertz CT molecular complexity index is 935. The summed E-state index contributed by atoms with van der Waals surface area (Å²) < 4.78 is 10.5. The van der Waals surface area contributed by atoms with E-state index in [0.29, 0.717) is 31.1 Å². The molecule has 8 heteroatoms. The molecule has 0 aliphatic carbocycles. The molecule has 1 N–H and O–H groups in total. The average Bonchev–Trinajstić information content (AvgIpc) is 3.31. The fourth-order valence-corrected chi connectivity index (χ4v) is 3.28. The number of anilines is 2. The fourth-order valence-electron chi connectivity index (χ4n) is 3.28. The third-order valence-electron chi connectivity index (χ3n) is 4.91. The van der Waals surface area contributed by atoms with Crippen molar-refractivity contribution in [2.45, 2.75) is 6.54 Å². The van der Waals surface area contributed by atoms with Crippen molar-refractivity contribution in [3.63, 3.8) is 0 Å². The lowest BCUT2D eigenvalue weighted by atomic mass is 10.2. The molecule has 1 aliphatic heterocycles. The van der Waals surface area contributed by atoms with Crippen molar-refractivity contribution in [2.75, 3.05) is 43.5 Å². The summed E-state index contributed by atoms with van der Waals surface area (Å²) >= 11 is 0. The quantitative estimate of drug-likeness (QED) is 0.689. The van der Waals surface area contributed by atoms with Crippen molar-refractivity contribution < 1.29 is 13.9 Å². The second-order valence-electron chi connectivity index (χ2n) is 6.70. The molecule has 1 saturated heterocycles. The minimum atomic E-state index is -0.0807. The van der Waals surface area contributed by atoms with Crippen LogP contribution in [-0.2, 0) is 6.54 Å². The standard InChI is InChI=1S/C21H23N5O3/c1-28-17-6-4-16(5-7-17)25-8-10-26(11-9-25)21(27)19-13-20(24-15-23-19)22-14-18-3-2-12-29-18/h2-7,12-13,15H,8-11,14H2,1H3,(H,22,23,24). The van der Waals surface area contributed by atoms with Gasteiger partial charge in [-0.25, -0.2) is 9.97 Å². The summed E-state index contributed by atoms with van der Waals surface area (Å²) in [7, 11) is 1.66. The number of amides is 1. The number of nitrogens with zero attached hydrogens (tertiary/aromatic N) is 4. The fraction of sp³-hybridized carbons (Fsp3) is 0.286. The molecule has 2 aromatic heterocycles. The second-order valence-corrected chi connectivity index (χ2v) is 6.70. The van der Waals surface area contributed by atoms with Gasteiger partial charge in [0.05, 0.1) is 19.9 Å². The molecular weight excluding hydrogens is 370 g/mol. The monoisotopic (exact) mass is 393 g/mol. The van der Waals surface area contributed by atoms with Gasteiger partial charge in [0.2, 0.25) is 0 Å². The molecule has 3 heterocycles. The molecule has 0 saturated carbocycles. The Morgan fingerprint density at radius 1 is 1.14 bits per heavy atom. The van der Waals surface area contributed by atoms with Crippen molar-refractivity contribution in [3.8, 4) is 5.75 Å². The molecule has 1 fully saturated rings. The van der Waals surface area contributed by atoms with E-state index in [9.17, 15) is 4.79 Å². The third-order valence-corrected chi connectivity index (χ3v) is 4.91. The zero-order valence-corrected chi connectivity index (χ0v) is 16.2. The SMILES string of the molecule is COc1ccc(N2CCN(C(=O)c3cc(NCc4ccco4)ncn3)CC2)cc1. The van der Waals surface area contributed by atoms with Gasteiger partial charge >= 0.3 is 0 Å². The highest BCUT2D eigenvalue weighted by Crippen LogP contribution is 2.21. The summed E-state index contributed by atoms with van der Waals surface area (Å²) in [6.45, 7) is 3.33. The lowest BCUT2D eigenvalue weighted by Crippen LogP contribution is -2.49. The number of carbonyl (C=O) groups excluding carboxylic acids is 1. The van der Waals surface area contributed by atoms with Gasteiger partial charge < -0.3 is 24.3 Å². The van der Waals surface area contributed by atoms with Gasteiger partial charge in [0, 0.05) is 37.9 Å². The Hall–Kier alpha value is -3.55. The van der Waals surface area contributed by atoms with Crippen LogP contribution in [0, 0.1) is 0 Å². The Kier molecular flexibility index (Phi) is 5.60. The molecule has 0 spiro atoms. The number of piperazine rings is 1. The van der Waals surface area contributed by atoms with Crippen LogP contribution in [0.5, 0.6) is 5.75 Å². The number of furan rings is 1. The Morgan fingerprint density at radius 3 is 2.62 bits per heavy atom. The lowest BCUT2D eigenvalue weighted by Gasteiger charge is -2.36. The number of aromatic nitrogens is 2. The van der Waals surface area contributed by atoms with Gasteiger partial charge in [-0.05, 0) is 36.4 Å². The summed E-state index contributed by atoms with van der Waals surface area (Å²) in [5, 5.41) is 3.15.